The smallest absolute Gasteiger partial charge is 0.123 e. The van der Waals surface area contributed by atoms with Gasteiger partial charge in [0.1, 0.15) is 5.82 Å². The Labute approximate surface area is 103 Å². The van der Waals surface area contributed by atoms with E-state index in [0.717, 1.165) is 37.4 Å². The minimum Gasteiger partial charge on any atom is -0.368 e. The van der Waals surface area contributed by atoms with Crippen molar-refractivity contribution in [3.63, 3.8) is 0 Å². The third-order valence-electron chi connectivity index (χ3n) is 2.61. The first-order valence-corrected chi connectivity index (χ1v) is 6.05. The highest BCUT2D eigenvalue weighted by atomic mass is 19.1. The lowest BCUT2D eigenvalue weighted by molar-refractivity contribution is 0.627. The number of nitrogens with zero attached hydrogens (tertiary/aromatic N) is 1. The number of anilines is 1. The molecule has 1 rings (SSSR count). The van der Waals surface area contributed by atoms with E-state index in [0.29, 0.717) is 0 Å². The van der Waals surface area contributed by atoms with E-state index < -0.39 is 0 Å². The van der Waals surface area contributed by atoms with E-state index >= 15 is 0 Å². The Morgan fingerprint density at radius 2 is 1.94 bits per heavy atom. The maximum atomic E-state index is 12.8. The van der Waals surface area contributed by atoms with Gasteiger partial charge in [0.15, 0.2) is 0 Å². The van der Waals surface area contributed by atoms with Crippen molar-refractivity contribution in [3.8, 4) is 0 Å². The first-order chi connectivity index (χ1) is 8.17. The molecular formula is C14H21FN2. The van der Waals surface area contributed by atoms with Crippen LogP contribution in [0, 0.1) is 5.82 Å². The highest BCUT2D eigenvalue weighted by Crippen LogP contribution is 2.15. The summed E-state index contributed by atoms with van der Waals surface area (Å²) in [5, 5.41) is 3.25. The average Bonchev–Trinajstić information content (AvgIpc) is 2.34. The van der Waals surface area contributed by atoms with Crippen LogP contribution in [0.15, 0.2) is 36.4 Å². The molecule has 1 aromatic rings. The number of hydrogen-bond donors (Lipinski definition) is 1. The molecule has 1 aromatic carbocycles. The van der Waals surface area contributed by atoms with Crippen molar-refractivity contribution in [2.75, 3.05) is 31.1 Å². The molecule has 0 unspecified atom stereocenters. The Bertz CT molecular complexity index is 346. The van der Waals surface area contributed by atoms with Gasteiger partial charge < -0.3 is 10.2 Å². The van der Waals surface area contributed by atoms with Crippen molar-refractivity contribution in [3.05, 3.63) is 42.2 Å². The second-order valence-electron chi connectivity index (χ2n) is 4.02. The Morgan fingerprint density at radius 3 is 2.47 bits per heavy atom. The van der Waals surface area contributed by atoms with Gasteiger partial charge in [-0.1, -0.05) is 13.5 Å². The van der Waals surface area contributed by atoms with Gasteiger partial charge in [-0.15, -0.1) is 0 Å². The predicted molar refractivity (Wildman–Crippen MR) is 72.0 cm³/mol. The summed E-state index contributed by atoms with van der Waals surface area (Å²) in [6.07, 6.45) is 0. The molecular weight excluding hydrogens is 215 g/mol. The second kappa shape index (κ2) is 7.07. The van der Waals surface area contributed by atoms with E-state index in [1.165, 1.54) is 12.1 Å². The number of likely N-dealkylation sites (N-methyl/N-ethyl adjacent to an activating group) is 2. The fourth-order valence-electron chi connectivity index (χ4n) is 1.67. The van der Waals surface area contributed by atoms with E-state index in [1.807, 2.05) is 0 Å². The van der Waals surface area contributed by atoms with Crippen LogP contribution in [0.4, 0.5) is 10.1 Å². The summed E-state index contributed by atoms with van der Waals surface area (Å²) in [6.45, 7) is 11.7. The van der Waals surface area contributed by atoms with Crippen LogP contribution in [0.2, 0.25) is 0 Å². The van der Waals surface area contributed by atoms with Gasteiger partial charge in [0.2, 0.25) is 0 Å². The molecule has 0 amide bonds. The molecule has 0 heterocycles. The van der Waals surface area contributed by atoms with Gasteiger partial charge in [-0.25, -0.2) is 4.39 Å². The van der Waals surface area contributed by atoms with Crippen LogP contribution >= 0.6 is 0 Å². The van der Waals surface area contributed by atoms with Crippen LogP contribution in [0.5, 0.6) is 0 Å². The number of nitrogens with one attached hydrogen (secondary N) is 1. The summed E-state index contributed by atoms with van der Waals surface area (Å²) in [7, 11) is 0. The highest BCUT2D eigenvalue weighted by Gasteiger charge is 2.05. The van der Waals surface area contributed by atoms with Gasteiger partial charge in [0, 0.05) is 25.3 Å². The topological polar surface area (TPSA) is 15.3 Å². The lowest BCUT2D eigenvalue weighted by Gasteiger charge is -2.24. The van der Waals surface area contributed by atoms with E-state index in [4.69, 9.17) is 0 Å². The molecule has 94 valence electrons. The van der Waals surface area contributed by atoms with Gasteiger partial charge in [-0.3, -0.25) is 0 Å². The van der Waals surface area contributed by atoms with E-state index in [-0.39, 0.29) is 5.82 Å². The zero-order valence-corrected chi connectivity index (χ0v) is 10.7. The van der Waals surface area contributed by atoms with Gasteiger partial charge in [0.25, 0.3) is 0 Å². The molecule has 1 N–H and O–H groups in total. The van der Waals surface area contributed by atoms with Crippen LogP contribution in [-0.2, 0) is 0 Å². The summed E-state index contributed by atoms with van der Waals surface area (Å²) in [6, 6.07) is 6.59. The fraction of sp³-hybridized carbons (Fsp3) is 0.429. The molecule has 0 aliphatic heterocycles. The summed E-state index contributed by atoms with van der Waals surface area (Å²) >= 11 is 0. The summed E-state index contributed by atoms with van der Waals surface area (Å²) < 4.78 is 12.8. The van der Waals surface area contributed by atoms with Crippen LogP contribution in [0.1, 0.15) is 13.8 Å². The molecule has 17 heavy (non-hydrogen) atoms. The van der Waals surface area contributed by atoms with Gasteiger partial charge >= 0.3 is 0 Å². The Morgan fingerprint density at radius 1 is 1.29 bits per heavy atom. The van der Waals surface area contributed by atoms with E-state index in [2.05, 4.69) is 30.6 Å². The molecule has 0 spiro atoms. The average molecular weight is 236 g/mol. The molecule has 0 bridgehead atoms. The molecule has 3 heteroatoms. The number of hydrogen-bond acceptors (Lipinski definition) is 2. The SMILES string of the molecule is C=C(CNCC)CN(CC)c1ccc(F)cc1. The lowest BCUT2D eigenvalue weighted by Crippen LogP contribution is -2.28. The van der Waals surface area contributed by atoms with Crippen LogP contribution in [-0.4, -0.2) is 26.2 Å². The Balaban J connectivity index is 2.59. The maximum absolute atomic E-state index is 12.8. The van der Waals surface area contributed by atoms with Crippen molar-refractivity contribution >= 4 is 5.69 Å². The number of rotatable bonds is 7. The van der Waals surface area contributed by atoms with Crippen LogP contribution < -0.4 is 10.2 Å². The van der Waals surface area contributed by atoms with Crippen LogP contribution in [0.25, 0.3) is 0 Å². The first-order valence-electron chi connectivity index (χ1n) is 6.05. The molecule has 0 saturated carbocycles. The Kier molecular flexibility index (Phi) is 5.70. The van der Waals surface area contributed by atoms with Crippen LogP contribution in [0.3, 0.4) is 0 Å². The normalized spacial score (nSPS) is 10.3. The zero-order chi connectivity index (χ0) is 12.7. The Hall–Kier alpha value is -1.35. The summed E-state index contributed by atoms with van der Waals surface area (Å²) in [5.74, 6) is -0.198. The minimum atomic E-state index is -0.198. The van der Waals surface area contributed by atoms with Gasteiger partial charge in [-0.2, -0.15) is 0 Å². The molecule has 0 atom stereocenters. The third kappa shape index (κ3) is 4.57. The highest BCUT2D eigenvalue weighted by molar-refractivity contribution is 5.47. The largest absolute Gasteiger partial charge is 0.368 e. The molecule has 0 saturated heterocycles. The van der Waals surface area contributed by atoms with Gasteiger partial charge in [0.05, 0.1) is 0 Å². The van der Waals surface area contributed by atoms with Crippen molar-refractivity contribution in [1.82, 2.24) is 5.32 Å². The van der Waals surface area contributed by atoms with E-state index in [1.54, 1.807) is 12.1 Å². The minimum absolute atomic E-state index is 0.198. The molecule has 0 aromatic heterocycles. The van der Waals surface area contributed by atoms with Crippen molar-refractivity contribution in [1.29, 1.82) is 0 Å². The molecule has 2 nitrogen and oxygen atoms in total. The predicted octanol–water partition coefficient (Wildman–Crippen LogP) is 2.82. The number of halogens is 1. The van der Waals surface area contributed by atoms with Crippen molar-refractivity contribution in [2.45, 2.75) is 13.8 Å². The lowest BCUT2D eigenvalue weighted by atomic mass is 10.2. The van der Waals surface area contributed by atoms with E-state index in [9.17, 15) is 4.39 Å². The van der Waals surface area contributed by atoms with Gasteiger partial charge in [-0.05, 0) is 43.3 Å². The van der Waals surface area contributed by atoms with Crippen molar-refractivity contribution < 1.29 is 4.39 Å². The fourth-order valence-corrected chi connectivity index (χ4v) is 1.67. The maximum Gasteiger partial charge on any atom is 0.123 e. The number of benzene rings is 1. The summed E-state index contributed by atoms with van der Waals surface area (Å²) in [5.41, 5.74) is 2.17. The standard InChI is InChI=1S/C14H21FN2/c1-4-16-10-12(3)11-17(5-2)14-8-6-13(15)7-9-14/h6-9,16H,3-5,10-11H2,1-2H3. The first kappa shape index (κ1) is 13.7. The quantitative estimate of drug-likeness (QED) is 0.732. The molecule has 0 aliphatic rings. The molecule has 0 fully saturated rings. The van der Waals surface area contributed by atoms with Crippen molar-refractivity contribution in [2.24, 2.45) is 0 Å². The monoisotopic (exact) mass is 236 g/mol. The second-order valence-corrected chi connectivity index (χ2v) is 4.02. The molecule has 0 radical (unpaired) electrons. The summed E-state index contributed by atoms with van der Waals surface area (Å²) in [4.78, 5) is 2.18. The zero-order valence-electron chi connectivity index (χ0n) is 10.7. The molecule has 0 aliphatic carbocycles. The third-order valence-corrected chi connectivity index (χ3v) is 2.61.